The fourth-order valence-electron chi connectivity index (χ4n) is 7.36. The minimum absolute atomic E-state index is 0.0884. The molecule has 0 saturated carbocycles. The van der Waals surface area contributed by atoms with Crippen molar-refractivity contribution in [1.82, 2.24) is 29.2 Å². The van der Waals surface area contributed by atoms with E-state index in [0.29, 0.717) is 86.1 Å². The van der Waals surface area contributed by atoms with Crippen LogP contribution in [0.25, 0.3) is 0 Å². The number of piperidine rings is 2. The number of phenolic OH excluding ortho intramolecular Hbond substituents is 1. The van der Waals surface area contributed by atoms with Crippen LogP contribution in [0, 0.1) is 0 Å². The molecular weight excluding hydrogens is 937 g/mol. The number of nitrogens with zero attached hydrogens (tertiary/aromatic N) is 4. The fourth-order valence-corrected chi connectivity index (χ4v) is 13.2. The zero-order chi connectivity index (χ0) is 47.4. The van der Waals surface area contributed by atoms with E-state index in [1.165, 1.54) is 38.4 Å². The Hall–Kier alpha value is -6.10. The van der Waals surface area contributed by atoms with Crippen LogP contribution in [0.5, 0.6) is 17.2 Å². The van der Waals surface area contributed by atoms with Gasteiger partial charge in [-0.2, -0.15) is 8.61 Å². The molecule has 0 atom stereocenters. The summed E-state index contributed by atoms with van der Waals surface area (Å²) in [6, 6.07) is 29.4. The molecule has 3 aromatic heterocycles. The molecule has 2 aliphatic heterocycles. The first kappa shape index (κ1) is 48.8. The molecule has 5 N–H and O–H groups in total. The Kier molecular flexibility index (Phi) is 16.5. The van der Waals surface area contributed by atoms with Crippen LogP contribution in [0.15, 0.2) is 124 Å². The van der Waals surface area contributed by atoms with Crippen molar-refractivity contribution < 1.29 is 41.0 Å². The number of hydrogen-bond acceptors (Lipinski definition) is 15. The van der Waals surface area contributed by atoms with Gasteiger partial charge in [0.2, 0.25) is 5.95 Å². The van der Waals surface area contributed by atoms with E-state index in [1.54, 1.807) is 117 Å². The quantitative estimate of drug-likeness (QED) is 0.0664. The molecular formula is C46H52N8O9S4. The lowest BCUT2D eigenvalue weighted by atomic mass is 10.1. The number of thiophene rings is 2. The third-order valence-corrected chi connectivity index (χ3v) is 17.9. The number of sulfonamides is 2. The van der Waals surface area contributed by atoms with E-state index < -0.39 is 20.0 Å². The first-order chi connectivity index (χ1) is 32.3. The zero-order valence-corrected chi connectivity index (χ0v) is 40.1. The van der Waals surface area contributed by atoms with Crippen LogP contribution >= 0.6 is 22.7 Å². The molecule has 67 heavy (non-hydrogen) atoms. The SMILES string of the molecule is COc1cccc(C(=O)NCc2ccc(S(=O)(=O)N3CCC(Nc4ccccc4O)CC3)s2)c1.COc1cccc(C(=O)NCc2ccc(S(=O)(=O)N3CCC(Nc4ncccn4)CC3)s2)c1. The van der Waals surface area contributed by atoms with E-state index >= 15 is 0 Å². The van der Waals surface area contributed by atoms with Crippen molar-refractivity contribution in [3.05, 3.63) is 136 Å². The second-order valence-electron chi connectivity index (χ2n) is 15.5. The number of carbonyl (C=O) groups excluding carboxylic acids is 2. The number of carbonyl (C=O) groups is 2. The number of phenols is 1. The van der Waals surface area contributed by atoms with E-state index in [9.17, 15) is 31.5 Å². The number of aromatic hydroxyl groups is 1. The minimum Gasteiger partial charge on any atom is -0.506 e. The highest BCUT2D eigenvalue weighted by Gasteiger charge is 2.32. The van der Waals surface area contributed by atoms with Crippen LogP contribution in [0.1, 0.15) is 56.2 Å². The molecule has 21 heteroatoms. The second-order valence-corrected chi connectivity index (χ2v) is 22.2. The van der Waals surface area contributed by atoms with Gasteiger partial charge >= 0.3 is 0 Å². The smallest absolute Gasteiger partial charge is 0.252 e. The van der Waals surface area contributed by atoms with Gasteiger partial charge < -0.3 is 35.8 Å². The zero-order valence-electron chi connectivity index (χ0n) is 36.8. The average Bonchev–Trinajstić information content (AvgIpc) is 4.06. The van der Waals surface area contributed by atoms with Gasteiger partial charge in [-0.3, -0.25) is 9.59 Å². The minimum atomic E-state index is -3.60. The Balaban J connectivity index is 0.000000199. The Labute approximate surface area is 398 Å². The van der Waals surface area contributed by atoms with Crippen LogP contribution in [-0.4, -0.2) is 105 Å². The lowest BCUT2D eigenvalue weighted by Gasteiger charge is -2.31. The number of amides is 2. The van der Waals surface area contributed by atoms with Crippen molar-refractivity contribution in [3.63, 3.8) is 0 Å². The Morgan fingerprint density at radius 3 is 1.55 bits per heavy atom. The summed E-state index contributed by atoms with van der Waals surface area (Å²) >= 11 is 2.34. The summed E-state index contributed by atoms with van der Waals surface area (Å²) in [5.41, 5.74) is 1.61. The van der Waals surface area contributed by atoms with E-state index in [1.807, 2.05) is 6.07 Å². The number of ether oxygens (including phenoxy) is 2. The summed E-state index contributed by atoms with van der Waals surface area (Å²) in [5, 5.41) is 22.1. The lowest BCUT2D eigenvalue weighted by Crippen LogP contribution is -2.42. The Morgan fingerprint density at radius 1 is 0.627 bits per heavy atom. The van der Waals surface area contributed by atoms with E-state index in [2.05, 4.69) is 31.2 Å². The maximum absolute atomic E-state index is 13.1. The highest BCUT2D eigenvalue weighted by molar-refractivity contribution is 7.91. The molecule has 8 rings (SSSR count). The molecule has 3 aromatic carbocycles. The van der Waals surface area contributed by atoms with Crippen molar-refractivity contribution in [3.8, 4) is 17.2 Å². The van der Waals surface area contributed by atoms with Crippen LogP contribution < -0.4 is 30.7 Å². The monoisotopic (exact) mass is 988 g/mol. The molecule has 0 spiro atoms. The average molecular weight is 989 g/mol. The fraction of sp³-hybridized carbons (Fsp3) is 0.304. The molecule has 0 bridgehead atoms. The highest BCUT2D eigenvalue weighted by atomic mass is 32.3. The number of methoxy groups -OCH3 is 2. The first-order valence-electron chi connectivity index (χ1n) is 21.4. The van der Waals surface area contributed by atoms with E-state index in [4.69, 9.17) is 9.47 Å². The van der Waals surface area contributed by atoms with Crippen LogP contribution in [0.3, 0.4) is 0 Å². The molecule has 2 saturated heterocycles. The molecule has 2 aliphatic rings. The van der Waals surface area contributed by atoms with E-state index in [0.717, 1.165) is 9.75 Å². The van der Waals surface area contributed by atoms with Crippen molar-refractivity contribution in [1.29, 1.82) is 0 Å². The Bertz CT molecular complexity index is 2830. The number of benzene rings is 3. The summed E-state index contributed by atoms with van der Waals surface area (Å²) in [6.45, 7) is 2.13. The molecule has 0 aliphatic carbocycles. The molecule has 2 amide bonds. The maximum atomic E-state index is 13.1. The second kappa shape index (κ2) is 22.6. The van der Waals surface area contributed by atoms with Crippen molar-refractivity contribution >= 4 is 66.2 Å². The van der Waals surface area contributed by atoms with Gasteiger partial charge in [-0.1, -0.05) is 24.3 Å². The van der Waals surface area contributed by atoms with Crippen LogP contribution in [0.2, 0.25) is 0 Å². The summed E-state index contributed by atoms with van der Waals surface area (Å²) < 4.78 is 66.3. The summed E-state index contributed by atoms with van der Waals surface area (Å²) in [7, 11) is -4.09. The number of nitrogens with one attached hydrogen (secondary N) is 4. The largest absolute Gasteiger partial charge is 0.506 e. The molecule has 2 fully saturated rings. The van der Waals surface area contributed by atoms with Crippen LogP contribution in [-0.2, 0) is 33.1 Å². The summed E-state index contributed by atoms with van der Waals surface area (Å²) in [4.78, 5) is 34.6. The maximum Gasteiger partial charge on any atom is 0.252 e. The lowest BCUT2D eigenvalue weighted by molar-refractivity contribution is 0.0943. The Morgan fingerprint density at radius 2 is 1.09 bits per heavy atom. The number of rotatable bonds is 16. The highest BCUT2D eigenvalue weighted by Crippen LogP contribution is 2.31. The van der Waals surface area contributed by atoms with Crippen molar-refractivity contribution in [2.45, 2.75) is 59.3 Å². The van der Waals surface area contributed by atoms with Gasteiger partial charge in [0.05, 0.1) is 33.0 Å². The van der Waals surface area contributed by atoms with Crippen LogP contribution in [0.4, 0.5) is 11.6 Å². The number of hydrogen-bond donors (Lipinski definition) is 5. The summed E-state index contributed by atoms with van der Waals surface area (Å²) in [6.07, 6.45) is 5.97. The number of aromatic nitrogens is 2. The van der Waals surface area contributed by atoms with Crippen molar-refractivity contribution in [2.24, 2.45) is 0 Å². The van der Waals surface area contributed by atoms with Gasteiger partial charge in [-0.15, -0.1) is 22.7 Å². The molecule has 0 radical (unpaired) electrons. The van der Waals surface area contributed by atoms with Gasteiger partial charge in [0, 0.05) is 71.5 Å². The number of anilines is 2. The first-order valence-corrected chi connectivity index (χ1v) is 25.9. The predicted molar refractivity (Wildman–Crippen MR) is 258 cm³/mol. The molecule has 0 unspecified atom stereocenters. The van der Waals surface area contributed by atoms with Gasteiger partial charge in [0.1, 0.15) is 25.7 Å². The standard InChI is InChI=1S/C24H27N3O5S2.C22H25N5O4S2/c1-32-19-6-4-5-17(15-19)24(29)25-16-20-9-10-23(33-20)34(30,31)27-13-11-18(12-14-27)26-21-7-2-3-8-22(21)28;1-31-18-5-2-4-16(14-18)21(28)25-15-19-6-7-20(32-19)33(29,30)27-12-8-17(9-13-27)26-22-23-10-3-11-24-22/h2-10,15,18,26,28H,11-14,16H2,1H3,(H,25,29);2-7,10-11,14,17H,8-9,12-13,15H2,1H3,(H,25,28)(H,23,24,26). The molecule has 6 aromatic rings. The summed E-state index contributed by atoms with van der Waals surface area (Å²) in [5.74, 6) is 1.43. The molecule has 354 valence electrons. The third kappa shape index (κ3) is 12.9. The van der Waals surface area contributed by atoms with Gasteiger partial charge in [0.25, 0.3) is 31.9 Å². The number of para-hydroxylation sites is 2. The van der Waals surface area contributed by atoms with Gasteiger partial charge in [-0.25, -0.2) is 26.8 Å². The molecule has 17 nitrogen and oxygen atoms in total. The van der Waals surface area contributed by atoms with Gasteiger partial charge in [-0.05, 0) is 105 Å². The predicted octanol–water partition coefficient (Wildman–Crippen LogP) is 6.40. The normalized spacial score (nSPS) is 15.1. The topological polar surface area (TPSA) is 221 Å². The third-order valence-electron chi connectivity index (χ3n) is 11.0. The van der Waals surface area contributed by atoms with Crippen molar-refractivity contribution in [2.75, 3.05) is 51.0 Å². The van der Waals surface area contributed by atoms with E-state index in [-0.39, 0.29) is 51.2 Å². The molecule has 5 heterocycles. The van der Waals surface area contributed by atoms with Gasteiger partial charge in [0.15, 0.2) is 0 Å².